The van der Waals surface area contributed by atoms with E-state index in [0.717, 1.165) is 18.5 Å². The predicted octanol–water partition coefficient (Wildman–Crippen LogP) is 4.97. The predicted molar refractivity (Wildman–Crippen MR) is 83.8 cm³/mol. The van der Waals surface area contributed by atoms with Gasteiger partial charge in [0.25, 0.3) is 0 Å². The summed E-state index contributed by atoms with van der Waals surface area (Å²) in [5.41, 5.74) is 1.44. The monoisotopic (exact) mass is 297 g/mol. The lowest BCUT2D eigenvalue weighted by atomic mass is 9.74. The molecule has 0 radical (unpaired) electrons. The van der Waals surface area contributed by atoms with Crippen molar-refractivity contribution in [3.8, 4) is 0 Å². The SMILES string of the molecule is CCNC(Cc1ccc(F)cc1Cl)C1(CC)CCCC1. The lowest BCUT2D eigenvalue weighted by Gasteiger charge is -2.38. The van der Waals surface area contributed by atoms with Gasteiger partial charge in [0.2, 0.25) is 0 Å². The van der Waals surface area contributed by atoms with Crippen molar-refractivity contribution in [3.05, 3.63) is 34.6 Å². The Morgan fingerprint density at radius 3 is 2.55 bits per heavy atom. The van der Waals surface area contributed by atoms with Gasteiger partial charge in [-0.3, -0.25) is 0 Å². The van der Waals surface area contributed by atoms with Gasteiger partial charge in [-0.25, -0.2) is 4.39 Å². The van der Waals surface area contributed by atoms with Crippen LogP contribution >= 0.6 is 11.6 Å². The quantitative estimate of drug-likeness (QED) is 0.781. The number of halogens is 2. The highest BCUT2D eigenvalue weighted by Gasteiger charge is 2.39. The molecule has 1 aliphatic carbocycles. The summed E-state index contributed by atoms with van der Waals surface area (Å²) in [6.45, 7) is 5.41. The van der Waals surface area contributed by atoms with E-state index in [4.69, 9.17) is 11.6 Å². The zero-order chi connectivity index (χ0) is 14.6. The topological polar surface area (TPSA) is 12.0 Å². The number of benzene rings is 1. The molecule has 1 aromatic rings. The van der Waals surface area contributed by atoms with Crippen molar-refractivity contribution in [2.45, 2.75) is 58.4 Å². The standard InChI is InChI=1S/C17H25ClFN/c1-3-17(9-5-6-10-17)16(20-4-2)11-13-7-8-14(19)12-15(13)18/h7-8,12,16,20H,3-6,9-11H2,1-2H3. The summed E-state index contributed by atoms with van der Waals surface area (Å²) in [7, 11) is 0. The Bertz CT molecular complexity index is 441. The summed E-state index contributed by atoms with van der Waals surface area (Å²) in [4.78, 5) is 0. The molecule has 1 N–H and O–H groups in total. The van der Waals surface area contributed by atoms with Gasteiger partial charge in [0.15, 0.2) is 0 Å². The van der Waals surface area contributed by atoms with Crippen LogP contribution in [0.4, 0.5) is 4.39 Å². The number of nitrogens with one attached hydrogen (secondary N) is 1. The van der Waals surface area contributed by atoms with Crippen molar-refractivity contribution in [3.63, 3.8) is 0 Å². The van der Waals surface area contributed by atoms with Crippen molar-refractivity contribution < 1.29 is 4.39 Å². The van der Waals surface area contributed by atoms with Gasteiger partial charge in [-0.15, -0.1) is 0 Å². The van der Waals surface area contributed by atoms with E-state index in [0.29, 0.717) is 16.5 Å². The molecule has 1 nitrogen and oxygen atoms in total. The van der Waals surface area contributed by atoms with Crippen LogP contribution in [-0.2, 0) is 6.42 Å². The smallest absolute Gasteiger partial charge is 0.124 e. The third-order valence-corrected chi connectivity index (χ3v) is 5.28. The van der Waals surface area contributed by atoms with Gasteiger partial charge in [0.1, 0.15) is 5.82 Å². The largest absolute Gasteiger partial charge is 0.313 e. The molecule has 0 bridgehead atoms. The van der Waals surface area contributed by atoms with Gasteiger partial charge in [0, 0.05) is 11.1 Å². The fourth-order valence-electron chi connectivity index (χ4n) is 3.69. The van der Waals surface area contributed by atoms with Crippen LogP contribution < -0.4 is 5.32 Å². The molecule has 0 amide bonds. The number of hydrogen-bond acceptors (Lipinski definition) is 1. The van der Waals surface area contributed by atoms with Crippen LogP contribution in [0, 0.1) is 11.2 Å². The summed E-state index contributed by atoms with van der Waals surface area (Å²) in [6, 6.07) is 5.20. The molecule has 1 saturated carbocycles. The molecular formula is C17H25ClFN. The molecule has 20 heavy (non-hydrogen) atoms. The van der Waals surface area contributed by atoms with E-state index >= 15 is 0 Å². The third-order valence-electron chi connectivity index (χ3n) is 4.93. The highest BCUT2D eigenvalue weighted by atomic mass is 35.5. The molecule has 0 saturated heterocycles. The van der Waals surface area contributed by atoms with Crippen LogP contribution in [0.25, 0.3) is 0 Å². The molecule has 0 aromatic heterocycles. The van der Waals surface area contributed by atoms with Crippen molar-refractivity contribution >= 4 is 11.6 Å². The fraction of sp³-hybridized carbons (Fsp3) is 0.647. The number of likely N-dealkylation sites (N-methyl/N-ethyl adjacent to an activating group) is 1. The molecule has 1 aromatic carbocycles. The Hall–Kier alpha value is -0.600. The van der Waals surface area contributed by atoms with Crippen molar-refractivity contribution in [1.29, 1.82) is 0 Å². The first kappa shape index (κ1) is 15.8. The number of hydrogen-bond donors (Lipinski definition) is 1. The second-order valence-electron chi connectivity index (χ2n) is 5.97. The molecule has 112 valence electrons. The third kappa shape index (κ3) is 3.35. The molecule has 1 aliphatic rings. The van der Waals surface area contributed by atoms with Crippen LogP contribution in [0.3, 0.4) is 0 Å². The summed E-state index contributed by atoms with van der Waals surface area (Å²) < 4.78 is 13.2. The summed E-state index contributed by atoms with van der Waals surface area (Å²) >= 11 is 6.20. The Kier molecular flexibility index (Phi) is 5.45. The van der Waals surface area contributed by atoms with Crippen LogP contribution in [0.15, 0.2) is 18.2 Å². The minimum Gasteiger partial charge on any atom is -0.313 e. The minimum absolute atomic E-state index is 0.259. The Morgan fingerprint density at radius 2 is 2.00 bits per heavy atom. The van der Waals surface area contributed by atoms with Crippen LogP contribution in [-0.4, -0.2) is 12.6 Å². The average molecular weight is 298 g/mol. The molecule has 2 rings (SSSR count). The average Bonchev–Trinajstić information content (AvgIpc) is 2.91. The first-order valence-electron chi connectivity index (χ1n) is 7.78. The van der Waals surface area contributed by atoms with Gasteiger partial charge >= 0.3 is 0 Å². The van der Waals surface area contributed by atoms with Gasteiger partial charge in [-0.1, -0.05) is 44.4 Å². The molecule has 0 aliphatic heterocycles. The second kappa shape index (κ2) is 6.91. The lowest BCUT2D eigenvalue weighted by Crippen LogP contribution is -2.45. The maximum absolute atomic E-state index is 13.2. The summed E-state index contributed by atoms with van der Waals surface area (Å²) in [5, 5.41) is 4.21. The maximum atomic E-state index is 13.2. The first-order valence-corrected chi connectivity index (χ1v) is 8.16. The van der Waals surface area contributed by atoms with E-state index in [9.17, 15) is 4.39 Å². The minimum atomic E-state index is -0.259. The molecule has 0 heterocycles. The fourth-order valence-corrected chi connectivity index (χ4v) is 3.93. The van der Waals surface area contributed by atoms with E-state index in [1.54, 1.807) is 0 Å². The normalized spacial score (nSPS) is 19.2. The van der Waals surface area contributed by atoms with Crippen molar-refractivity contribution in [2.24, 2.45) is 5.41 Å². The molecule has 0 spiro atoms. The van der Waals surface area contributed by atoms with Crippen molar-refractivity contribution in [2.75, 3.05) is 6.54 Å². The van der Waals surface area contributed by atoms with Crippen LogP contribution in [0.2, 0.25) is 5.02 Å². The molecule has 3 heteroatoms. The Labute approximate surface area is 126 Å². The zero-order valence-corrected chi connectivity index (χ0v) is 13.3. The molecule has 1 fully saturated rings. The van der Waals surface area contributed by atoms with E-state index in [2.05, 4.69) is 19.2 Å². The van der Waals surface area contributed by atoms with Gasteiger partial charge < -0.3 is 5.32 Å². The number of rotatable bonds is 6. The van der Waals surface area contributed by atoms with E-state index < -0.39 is 0 Å². The van der Waals surface area contributed by atoms with E-state index in [-0.39, 0.29) is 5.82 Å². The Morgan fingerprint density at radius 1 is 1.30 bits per heavy atom. The maximum Gasteiger partial charge on any atom is 0.124 e. The summed E-state index contributed by atoms with van der Waals surface area (Å²) in [6.07, 6.45) is 7.32. The van der Waals surface area contributed by atoms with E-state index in [1.165, 1.54) is 44.2 Å². The summed E-state index contributed by atoms with van der Waals surface area (Å²) in [5.74, 6) is -0.259. The van der Waals surface area contributed by atoms with Gasteiger partial charge in [-0.2, -0.15) is 0 Å². The van der Waals surface area contributed by atoms with Gasteiger partial charge in [-0.05, 0) is 55.3 Å². The van der Waals surface area contributed by atoms with Gasteiger partial charge in [0.05, 0.1) is 0 Å². The highest BCUT2D eigenvalue weighted by molar-refractivity contribution is 6.31. The molecule has 1 atom stereocenters. The zero-order valence-electron chi connectivity index (χ0n) is 12.5. The van der Waals surface area contributed by atoms with Crippen LogP contribution in [0.5, 0.6) is 0 Å². The molecule has 1 unspecified atom stereocenters. The Balaban J connectivity index is 2.20. The van der Waals surface area contributed by atoms with E-state index in [1.807, 2.05) is 6.07 Å². The molecular weight excluding hydrogens is 273 g/mol. The van der Waals surface area contributed by atoms with Crippen LogP contribution in [0.1, 0.15) is 51.5 Å². The first-order chi connectivity index (χ1) is 9.61. The second-order valence-corrected chi connectivity index (χ2v) is 6.38. The lowest BCUT2D eigenvalue weighted by molar-refractivity contribution is 0.186. The van der Waals surface area contributed by atoms with Crippen molar-refractivity contribution in [1.82, 2.24) is 5.32 Å². The highest BCUT2D eigenvalue weighted by Crippen LogP contribution is 2.45.